The molecule has 0 radical (unpaired) electrons. The Morgan fingerprint density at radius 1 is 0.975 bits per heavy atom. The SMILES string of the molecule is CC(C)OC(=O)C(OP(=O)(O)CO[C@H](C)Cn1cnc2c(N)ncnc21)C(=O)OC(C)C.O=C(O)/C=C/C(=O)O. The smallest absolute Gasteiger partial charge is 0.354 e. The van der Waals surface area contributed by atoms with Gasteiger partial charge in [0.1, 0.15) is 18.2 Å². The number of nitrogens with zero attached hydrogens (tertiary/aromatic N) is 4. The summed E-state index contributed by atoms with van der Waals surface area (Å²) in [4.78, 5) is 65.8. The molecule has 2 atom stereocenters. The van der Waals surface area contributed by atoms with E-state index in [1.807, 2.05) is 0 Å². The van der Waals surface area contributed by atoms with Crippen molar-refractivity contribution in [1.82, 2.24) is 19.5 Å². The first-order valence-corrected chi connectivity index (χ1v) is 13.4. The number of carboxylic acids is 2. The van der Waals surface area contributed by atoms with Gasteiger partial charge in [0.05, 0.1) is 31.2 Å². The molecule has 0 saturated carbocycles. The average Bonchev–Trinajstić information content (AvgIpc) is 3.23. The monoisotopic (exact) mass is 589 g/mol. The van der Waals surface area contributed by atoms with Crippen LogP contribution in [0.15, 0.2) is 24.8 Å². The second kappa shape index (κ2) is 15.6. The lowest BCUT2D eigenvalue weighted by Crippen LogP contribution is -2.38. The van der Waals surface area contributed by atoms with Crippen molar-refractivity contribution < 1.29 is 57.6 Å². The van der Waals surface area contributed by atoms with Gasteiger partial charge in [-0.25, -0.2) is 34.1 Å². The molecule has 0 fully saturated rings. The number of imidazole rings is 1. The van der Waals surface area contributed by atoms with Gasteiger partial charge in [-0.15, -0.1) is 0 Å². The quantitative estimate of drug-likeness (QED) is 0.110. The van der Waals surface area contributed by atoms with Gasteiger partial charge in [0.2, 0.25) is 0 Å². The number of aliphatic carboxylic acids is 2. The van der Waals surface area contributed by atoms with Crippen molar-refractivity contribution in [3.63, 3.8) is 0 Å². The Morgan fingerprint density at radius 3 is 1.98 bits per heavy atom. The fourth-order valence-electron chi connectivity index (χ4n) is 2.69. The number of carbonyl (C=O) groups is 4. The van der Waals surface area contributed by atoms with Gasteiger partial charge in [0.15, 0.2) is 11.5 Å². The number of rotatable bonds is 13. The maximum Gasteiger partial charge on any atom is 0.354 e. The Morgan fingerprint density at radius 2 is 1.50 bits per heavy atom. The highest BCUT2D eigenvalue weighted by atomic mass is 31.2. The van der Waals surface area contributed by atoms with Crippen molar-refractivity contribution in [2.75, 3.05) is 12.1 Å². The second-order valence-electron chi connectivity index (χ2n) is 8.54. The first-order chi connectivity index (χ1) is 18.5. The van der Waals surface area contributed by atoms with E-state index < -0.39 is 62.2 Å². The number of ether oxygens (including phenoxy) is 3. The van der Waals surface area contributed by atoms with Gasteiger partial charge in [-0.2, -0.15) is 0 Å². The largest absolute Gasteiger partial charge is 0.478 e. The van der Waals surface area contributed by atoms with E-state index in [0.29, 0.717) is 23.3 Å². The Labute approximate surface area is 228 Å². The Kier molecular flexibility index (Phi) is 13.3. The Bertz CT molecular complexity index is 1220. The molecule has 222 valence electrons. The van der Waals surface area contributed by atoms with Crippen LogP contribution in [0.3, 0.4) is 0 Å². The number of carboxylic acid groups (broad SMARTS) is 2. The summed E-state index contributed by atoms with van der Waals surface area (Å²) in [6, 6.07) is 0. The summed E-state index contributed by atoms with van der Waals surface area (Å²) in [6.45, 7) is 8.11. The van der Waals surface area contributed by atoms with Crippen LogP contribution in [0.1, 0.15) is 34.6 Å². The van der Waals surface area contributed by atoms with Crippen LogP contribution in [0.4, 0.5) is 5.82 Å². The van der Waals surface area contributed by atoms with Gasteiger partial charge in [-0.1, -0.05) is 0 Å². The molecule has 0 aromatic carbocycles. The minimum atomic E-state index is -4.54. The van der Waals surface area contributed by atoms with E-state index >= 15 is 0 Å². The lowest BCUT2D eigenvalue weighted by molar-refractivity contribution is -0.171. The summed E-state index contributed by atoms with van der Waals surface area (Å²) in [5.74, 6) is -4.55. The Hall–Kier alpha value is -3.92. The topological polar surface area (TPSA) is 253 Å². The summed E-state index contributed by atoms with van der Waals surface area (Å²) < 4.78 is 34.4. The normalized spacial score (nSPS) is 13.6. The lowest BCUT2D eigenvalue weighted by Gasteiger charge is -2.22. The molecule has 18 heteroatoms. The molecule has 40 heavy (non-hydrogen) atoms. The number of carbonyl (C=O) groups excluding carboxylic acids is 2. The molecule has 5 N–H and O–H groups in total. The summed E-state index contributed by atoms with van der Waals surface area (Å²) in [5, 5.41) is 15.6. The van der Waals surface area contributed by atoms with Crippen molar-refractivity contribution >= 4 is 48.5 Å². The first-order valence-electron chi connectivity index (χ1n) is 11.6. The minimum absolute atomic E-state index is 0.223. The number of hydrogen-bond acceptors (Lipinski definition) is 13. The van der Waals surface area contributed by atoms with E-state index in [0.717, 1.165) is 0 Å². The molecule has 2 aromatic rings. The maximum atomic E-state index is 12.5. The van der Waals surface area contributed by atoms with Crippen LogP contribution in [0, 0.1) is 0 Å². The fourth-order valence-corrected chi connectivity index (χ4v) is 3.70. The summed E-state index contributed by atoms with van der Waals surface area (Å²) in [5.41, 5.74) is 6.65. The molecule has 0 aliphatic carbocycles. The van der Waals surface area contributed by atoms with Crippen molar-refractivity contribution in [3.05, 3.63) is 24.8 Å². The van der Waals surface area contributed by atoms with E-state index in [-0.39, 0.29) is 12.4 Å². The number of nitrogen functional groups attached to an aromatic ring is 1. The molecule has 0 aliphatic rings. The highest BCUT2D eigenvalue weighted by Crippen LogP contribution is 2.44. The zero-order chi connectivity index (χ0) is 30.6. The molecular formula is C22H32N5O12P. The molecular weight excluding hydrogens is 557 g/mol. The predicted molar refractivity (Wildman–Crippen MR) is 137 cm³/mol. The third kappa shape index (κ3) is 12.3. The fraction of sp³-hybridized carbons (Fsp3) is 0.500. The van der Waals surface area contributed by atoms with E-state index in [1.165, 1.54) is 12.7 Å². The van der Waals surface area contributed by atoms with Crippen LogP contribution < -0.4 is 5.73 Å². The maximum absolute atomic E-state index is 12.5. The Balaban J connectivity index is 0.000000869. The van der Waals surface area contributed by atoms with Crippen molar-refractivity contribution in [1.29, 1.82) is 0 Å². The number of aromatic nitrogens is 4. The van der Waals surface area contributed by atoms with Crippen LogP contribution in [0.25, 0.3) is 11.2 Å². The van der Waals surface area contributed by atoms with E-state index in [4.69, 9.17) is 34.7 Å². The van der Waals surface area contributed by atoms with E-state index in [9.17, 15) is 28.6 Å². The van der Waals surface area contributed by atoms with Gasteiger partial charge in [0.25, 0.3) is 6.10 Å². The number of fused-ring (bicyclic) bond motifs is 1. The summed E-state index contributed by atoms with van der Waals surface area (Å²) in [6.07, 6.45) is -0.629. The minimum Gasteiger partial charge on any atom is -0.478 e. The molecule has 17 nitrogen and oxygen atoms in total. The number of esters is 2. The highest BCUT2D eigenvalue weighted by Gasteiger charge is 2.39. The number of nitrogens with two attached hydrogens (primary N) is 1. The summed E-state index contributed by atoms with van der Waals surface area (Å²) >= 11 is 0. The lowest BCUT2D eigenvalue weighted by atomic mass is 10.3. The average molecular weight is 589 g/mol. The van der Waals surface area contributed by atoms with Crippen molar-refractivity contribution in [2.45, 2.75) is 65.6 Å². The number of hydrogen-bond donors (Lipinski definition) is 4. The van der Waals surface area contributed by atoms with Crippen molar-refractivity contribution in [2.24, 2.45) is 0 Å². The third-order valence-corrected chi connectivity index (χ3v) is 5.19. The molecule has 2 heterocycles. The van der Waals surface area contributed by atoms with Crippen LogP contribution >= 0.6 is 7.60 Å². The van der Waals surface area contributed by atoms with Crippen LogP contribution in [-0.2, 0) is 49.0 Å². The molecule has 0 aliphatic heterocycles. The molecule has 0 saturated heterocycles. The van der Waals surface area contributed by atoms with E-state index in [2.05, 4.69) is 15.0 Å². The van der Waals surface area contributed by atoms with Crippen LogP contribution in [-0.4, -0.2) is 89.3 Å². The third-order valence-electron chi connectivity index (χ3n) is 4.18. The van der Waals surface area contributed by atoms with Gasteiger partial charge in [-0.3, -0.25) is 9.09 Å². The molecule has 2 rings (SSSR count). The van der Waals surface area contributed by atoms with Crippen LogP contribution in [0.2, 0.25) is 0 Å². The molecule has 1 unspecified atom stereocenters. The summed E-state index contributed by atoms with van der Waals surface area (Å²) in [7, 11) is -4.54. The van der Waals surface area contributed by atoms with Crippen molar-refractivity contribution in [3.8, 4) is 0 Å². The molecule has 0 amide bonds. The molecule has 0 spiro atoms. The van der Waals surface area contributed by atoms with Gasteiger partial charge >= 0.3 is 31.5 Å². The van der Waals surface area contributed by atoms with E-state index in [1.54, 1.807) is 39.2 Å². The zero-order valence-electron chi connectivity index (χ0n) is 22.4. The number of anilines is 1. The molecule has 2 aromatic heterocycles. The second-order valence-corrected chi connectivity index (χ2v) is 10.3. The predicted octanol–water partition coefficient (Wildman–Crippen LogP) is 0.957. The standard InChI is InChI=1S/C18H28N5O8P.C4H4O4/c1-10(2)29-17(24)14(18(25)30-11(3)4)31-32(26,27)9-28-12(5)6-23-8-22-13-15(19)20-7-21-16(13)23;5-3(6)1-2-4(7)8/h7-8,10-12,14H,6,9H2,1-5H3,(H,26,27)(H2,19,20,21);1-2H,(H,5,6)(H,7,8)/b;2-1+/t12-;/m1./s1. The zero-order valence-corrected chi connectivity index (χ0v) is 23.3. The van der Waals surface area contributed by atoms with Gasteiger partial charge in [-0.05, 0) is 34.6 Å². The van der Waals surface area contributed by atoms with Crippen LogP contribution in [0.5, 0.6) is 0 Å². The van der Waals surface area contributed by atoms with Gasteiger partial charge < -0.3 is 39.6 Å². The highest BCUT2D eigenvalue weighted by molar-refractivity contribution is 7.52. The van der Waals surface area contributed by atoms with Gasteiger partial charge in [0, 0.05) is 12.2 Å². The first kappa shape index (κ1) is 34.1. The molecule has 0 bridgehead atoms.